The van der Waals surface area contributed by atoms with Gasteiger partial charge in [0.15, 0.2) is 5.78 Å². The van der Waals surface area contributed by atoms with Crippen LogP contribution in [-0.4, -0.2) is 92.4 Å². The van der Waals surface area contributed by atoms with Gasteiger partial charge in [-0.25, -0.2) is 19.0 Å². The van der Waals surface area contributed by atoms with Crippen molar-refractivity contribution >= 4 is 66.7 Å². The Balaban J connectivity index is 0.000000669. The molecule has 376 valence electrons. The summed E-state index contributed by atoms with van der Waals surface area (Å²) in [5.41, 5.74) is -3.53. The minimum absolute atomic E-state index is 0.00260. The first-order valence-electron chi connectivity index (χ1n) is 23.5. The fourth-order valence-electron chi connectivity index (χ4n) is 9.18. The van der Waals surface area contributed by atoms with E-state index in [-0.39, 0.29) is 31.7 Å². The van der Waals surface area contributed by atoms with E-state index in [1.54, 1.807) is 39.0 Å². The summed E-state index contributed by atoms with van der Waals surface area (Å²) in [6.07, 6.45) is 5.54. The van der Waals surface area contributed by atoms with Gasteiger partial charge in [-0.2, -0.15) is 16.8 Å². The normalized spacial score (nSPS) is 23.3. The standard InChI is InChI=1S/C41H58ClN3O10S.C6H13NO3S/c1-10-16-40(17-18-40)55-56(50,51)44-37(49)41(22-25(41)11-2)23-31(46)30-19-26(53-32-21-33(52-12-3)43-35-27(32)14-13-15-29(35)42)24-45(30)36(48)28(38(4,5)6)20-34(47)54-39(7,8)9;1-2-3-6(4-5-6)10-11(7,8)9/h13-15,21,25-26,28,30H,10-12,16-20,22-24H2,1-9H3,(H,44,49);2-5H2,1H3,(H2,7,8,9)/t25-,26-,28-,30+,41-;/m1./s1. The molecule has 0 bridgehead atoms. The van der Waals surface area contributed by atoms with Gasteiger partial charge in [-0.05, 0) is 96.1 Å². The van der Waals surface area contributed by atoms with E-state index >= 15 is 0 Å². The van der Waals surface area contributed by atoms with E-state index in [1.807, 2.05) is 54.5 Å². The summed E-state index contributed by atoms with van der Waals surface area (Å²) in [7, 11) is -8.18. The van der Waals surface area contributed by atoms with Crippen LogP contribution in [0.3, 0.4) is 0 Å². The Labute approximate surface area is 401 Å². The molecule has 2 aromatic rings. The van der Waals surface area contributed by atoms with E-state index in [0.29, 0.717) is 66.3 Å². The number of amides is 2. The minimum Gasteiger partial charge on any atom is -0.488 e. The molecule has 6 rings (SSSR count). The average molecular weight is 1000 g/mol. The van der Waals surface area contributed by atoms with Gasteiger partial charge in [-0.3, -0.25) is 23.4 Å². The third kappa shape index (κ3) is 14.5. The number of esters is 1. The zero-order valence-corrected chi connectivity index (χ0v) is 43.1. The molecule has 2 heterocycles. The molecule has 0 radical (unpaired) electrons. The Morgan fingerprint density at radius 1 is 0.940 bits per heavy atom. The summed E-state index contributed by atoms with van der Waals surface area (Å²) < 4.78 is 77.5. The van der Waals surface area contributed by atoms with Gasteiger partial charge >= 0.3 is 26.6 Å². The number of hydrogen-bond donors (Lipinski definition) is 2. The number of carbonyl (C=O) groups excluding carboxylic acids is 4. The summed E-state index contributed by atoms with van der Waals surface area (Å²) in [6, 6.07) is 5.90. The largest absolute Gasteiger partial charge is 0.488 e. The predicted molar refractivity (Wildman–Crippen MR) is 252 cm³/mol. The lowest BCUT2D eigenvalue weighted by atomic mass is 9.77. The maximum Gasteiger partial charge on any atom is 0.362 e. The zero-order chi connectivity index (χ0) is 50.0. The van der Waals surface area contributed by atoms with Crippen LogP contribution in [0.5, 0.6) is 11.6 Å². The number of Topliss-reactive ketones (excluding diaryl/α,β-unsaturated/α-hetero) is 1. The van der Waals surface area contributed by atoms with Crippen LogP contribution in [-0.2, 0) is 52.9 Å². The van der Waals surface area contributed by atoms with Gasteiger partial charge in [0.25, 0.3) is 0 Å². The number of para-hydroxylation sites is 1. The molecule has 1 saturated heterocycles. The van der Waals surface area contributed by atoms with Crippen molar-refractivity contribution in [3.63, 3.8) is 0 Å². The summed E-state index contributed by atoms with van der Waals surface area (Å²) in [4.78, 5) is 62.3. The van der Waals surface area contributed by atoms with Crippen molar-refractivity contribution in [3.8, 4) is 11.6 Å². The van der Waals surface area contributed by atoms with Gasteiger partial charge in [0.05, 0.1) is 58.7 Å². The molecule has 20 heteroatoms. The number of ether oxygens (including phenoxy) is 3. The van der Waals surface area contributed by atoms with E-state index in [2.05, 4.69) is 9.71 Å². The minimum atomic E-state index is -4.44. The Hall–Kier alpha value is -3.62. The van der Waals surface area contributed by atoms with Crippen molar-refractivity contribution in [2.45, 2.75) is 182 Å². The number of pyridine rings is 1. The molecule has 1 aromatic heterocycles. The molecule has 17 nitrogen and oxygen atoms in total. The highest BCUT2D eigenvalue weighted by atomic mass is 35.5. The summed E-state index contributed by atoms with van der Waals surface area (Å²) in [5, 5.41) is 5.75. The molecule has 1 aromatic carbocycles. The molecule has 0 spiro atoms. The number of rotatable bonds is 21. The fourth-order valence-corrected chi connectivity index (χ4v) is 11.3. The van der Waals surface area contributed by atoms with Gasteiger partial charge in [0.1, 0.15) is 17.5 Å². The number of halogens is 1. The Kier molecular flexibility index (Phi) is 16.8. The maximum absolute atomic E-state index is 14.7. The van der Waals surface area contributed by atoms with Crippen molar-refractivity contribution in [3.05, 3.63) is 29.3 Å². The molecule has 4 fully saturated rings. The SMILES string of the molecule is CCCC1(OS(=O)(=O)NC(=O)[C@@]2(CC(=O)[C@@H]3C[C@@H](Oc4cc(OCC)nc5c(Cl)cccc45)CN3C(=O)[C@@H](CC(=O)OC(C)(C)C)C(C)(C)C)C[C@H]2CC)CC1.CCCC1(OS(N)(=O)=O)CC1. The van der Waals surface area contributed by atoms with Crippen molar-refractivity contribution in [2.24, 2.45) is 27.8 Å². The van der Waals surface area contributed by atoms with E-state index in [0.717, 1.165) is 32.1 Å². The van der Waals surface area contributed by atoms with Crippen LogP contribution < -0.4 is 19.3 Å². The lowest BCUT2D eigenvalue weighted by Crippen LogP contribution is -2.49. The molecule has 2 amide bonds. The van der Waals surface area contributed by atoms with Crippen LogP contribution >= 0.6 is 11.6 Å². The highest BCUT2D eigenvalue weighted by molar-refractivity contribution is 7.85. The number of likely N-dealkylation sites (tertiary alicyclic amines) is 1. The number of nitrogens with zero attached hydrogens (tertiary/aromatic N) is 2. The van der Waals surface area contributed by atoms with Crippen LogP contribution in [0.1, 0.15) is 153 Å². The second-order valence-corrected chi connectivity index (χ2v) is 23.6. The monoisotopic (exact) mass is 998 g/mol. The number of aromatic nitrogens is 1. The quantitative estimate of drug-likeness (QED) is 0.114. The maximum atomic E-state index is 14.7. The number of nitrogens with two attached hydrogens (primary N) is 1. The third-order valence-electron chi connectivity index (χ3n) is 12.9. The average Bonchev–Trinajstić information content (AvgIpc) is 4.16. The highest BCUT2D eigenvalue weighted by Gasteiger charge is 2.62. The highest BCUT2D eigenvalue weighted by Crippen LogP contribution is 2.58. The van der Waals surface area contributed by atoms with Crippen molar-refractivity contribution in [1.29, 1.82) is 0 Å². The van der Waals surface area contributed by atoms with Crippen LogP contribution in [0.2, 0.25) is 5.02 Å². The van der Waals surface area contributed by atoms with E-state index in [4.69, 9.17) is 39.3 Å². The van der Waals surface area contributed by atoms with Gasteiger partial charge in [-0.15, -0.1) is 0 Å². The lowest BCUT2D eigenvalue weighted by Gasteiger charge is -2.35. The molecule has 67 heavy (non-hydrogen) atoms. The molecular formula is C47H71ClN4O13S2. The first-order chi connectivity index (χ1) is 31.0. The zero-order valence-electron chi connectivity index (χ0n) is 40.7. The number of ketones is 1. The second kappa shape index (κ2) is 20.8. The summed E-state index contributed by atoms with van der Waals surface area (Å²) in [5.74, 6) is -2.57. The van der Waals surface area contributed by atoms with Gasteiger partial charge in [0, 0.05) is 24.3 Å². The van der Waals surface area contributed by atoms with Crippen molar-refractivity contribution < 1.29 is 58.6 Å². The molecule has 3 N–H and O–H groups in total. The predicted octanol–water partition coefficient (Wildman–Crippen LogP) is 7.65. The van der Waals surface area contributed by atoms with Crippen LogP contribution in [0.4, 0.5) is 0 Å². The molecule has 0 unspecified atom stereocenters. The van der Waals surface area contributed by atoms with Crippen LogP contribution in [0, 0.1) is 22.7 Å². The number of nitrogens with one attached hydrogen (secondary N) is 1. The molecule has 1 aliphatic heterocycles. The number of benzene rings is 1. The molecule has 5 atom stereocenters. The molecule has 4 aliphatic rings. The lowest BCUT2D eigenvalue weighted by molar-refractivity contribution is -0.161. The Morgan fingerprint density at radius 2 is 1.55 bits per heavy atom. The number of fused-ring (bicyclic) bond motifs is 1. The number of carbonyl (C=O) groups is 4. The Morgan fingerprint density at radius 3 is 2.06 bits per heavy atom. The topological polar surface area (TPSA) is 237 Å². The first-order valence-corrected chi connectivity index (χ1v) is 26.7. The molecule has 3 aliphatic carbocycles. The van der Waals surface area contributed by atoms with Gasteiger partial charge in [-0.1, -0.05) is 78.5 Å². The third-order valence-corrected chi connectivity index (χ3v) is 14.8. The van der Waals surface area contributed by atoms with Gasteiger partial charge < -0.3 is 19.1 Å². The van der Waals surface area contributed by atoms with E-state index in [9.17, 15) is 36.0 Å². The van der Waals surface area contributed by atoms with Crippen molar-refractivity contribution in [2.75, 3.05) is 13.2 Å². The molecule has 3 saturated carbocycles. The van der Waals surface area contributed by atoms with E-state index in [1.165, 1.54) is 4.90 Å². The molecular weight excluding hydrogens is 928 g/mol. The smallest absolute Gasteiger partial charge is 0.362 e. The van der Waals surface area contributed by atoms with Gasteiger partial charge in [0.2, 0.25) is 17.7 Å². The first kappa shape index (κ1) is 54.3. The summed E-state index contributed by atoms with van der Waals surface area (Å²) in [6.45, 7) is 18.8. The second-order valence-electron chi connectivity index (χ2n) is 20.7. The van der Waals surface area contributed by atoms with Crippen LogP contribution in [0.15, 0.2) is 24.3 Å². The van der Waals surface area contributed by atoms with E-state index < -0.39 is 89.9 Å². The Bertz CT molecular complexity index is 2380. The van der Waals surface area contributed by atoms with Crippen molar-refractivity contribution in [1.82, 2.24) is 14.6 Å². The van der Waals surface area contributed by atoms with Crippen LogP contribution in [0.25, 0.3) is 10.9 Å². The fraction of sp³-hybridized carbons (Fsp3) is 0.723. The summed E-state index contributed by atoms with van der Waals surface area (Å²) >= 11 is 6.52. The number of hydrogen-bond acceptors (Lipinski definition) is 14.